The van der Waals surface area contributed by atoms with Crippen molar-refractivity contribution in [2.45, 2.75) is 19.9 Å². The number of hydrogen-bond donors (Lipinski definition) is 1. The number of nitrogens with one attached hydrogen (secondary N) is 1. The highest BCUT2D eigenvalue weighted by Crippen LogP contribution is 2.22. The lowest BCUT2D eigenvalue weighted by Crippen LogP contribution is -2.32. The average molecular weight is 373 g/mol. The molecule has 0 saturated heterocycles. The van der Waals surface area contributed by atoms with E-state index in [4.69, 9.17) is 12.2 Å². The highest BCUT2D eigenvalue weighted by Gasteiger charge is 2.17. The Morgan fingerprint density at radius 3 is 1.92 bits per heavy atom. The number of rotatable bonds is 7. The molecule has 3 nitrogen and oxygen atoms in total. The maximum atomic E-state index is 12.5. The van der Waals surface area contributed by atoms with Crippen LogP contribution in [0.1, 0.15) is 31.0 Å². The highest BCUT2D eigenvalue weighted by atomic mass is 32.2. The fraction of sp³-hybridized carbons (Fsp3) is 0.300. The van der Waals surface area contributed by atoms with Gasteiger partial charge in [-0.25, -0.2) is 0 Å². The normalized spacial score (nSPS) is 10.5. The molecule has 0 aliphatic rings. The van der Waals surface area contributed by atoms with Gasteiger partial charge >= 0.3 is 0 Å². The molecule has 0 saturated carbocycles. The van der Waals surface area contributed by atoms with Crippen LogP contribution in [0.4, 0.5) is 0 Å². The molecule has 5 heteroatoms. The van der Waals surface area contributed by atoms with Crippen molar-refractivity contribution in [1.82, 2.24) is 10.2 Å². The third-order valence-electron chi connectivity index (χ3n) is 3.92. The first-order chi connectivity index (χ1) is 12.2. The molecular weight excluding hydrogens is 348 g/mol. The SMILES string of the molecule is CCN(CC)C(=S)SCC(=O)NC(c1ccccc1)c1ccccc1. The van der Waals surface area contributed by atoms with E-state index in [1.165, 1.54) is 11.8 Å². The Balaban J connectivity index is 2.05. The van der Waals surface area contributed by atoms with E-state index < -0.39 is 0 Å². The monoisotopic (exact) mass is 372 g/mol. The van der Waals surface area contributed by atoms with Gasteiger partial charge in [-0.2, -0.15) is 0 Å². The molecule has 2 aromatic carbocycles. The van der Waals surface area contributed by atoms with Crippen LogP contribution in [-0.2, 0) is 4.79 Å². The van der Waals surface area contributed by atoms with Gasteiger partial charge in [0.2, 0.25) is 5.91 Å². The van der Waals surface area contributed by atoms with Gasteiger partial charge in [-0.1, -0.05) is 84.6 Å². The summed E-state index contributed by atoms with van der Waals surface area (Å²) in [6, 6.07) is 19.9. The number of benzene rings is 2. The third kappa shape index (κ3) is 5.87. The van der Waals surface area contributed by atoms with Crippen LogP contribution in [0.3, 0.4) is 0 Å². The van der Waals surface area contributed by atoms with E-state index in [1.807, 2.05) is 60.7 Å². The first-order valence-electron chi connectivity index (χ1n) is 8.46. The van der Waals surface area contributed by atoms with Crippen molar-refractivity contribution < 1.29 is 4.79 Å². The molecule has 0 heterocycles. The van der Waals surface area contributed by atoms with E-state index in [2.05, 4.69) is 24.1 Å². The zero-order valence-electron chi connectivity index (χ0n) is 14.6. The van der Waals surface area contributed by atoms with Gasteiger partial charge in [-0.15, -0.1) is 0 Å². The van der Waals surface area contributed by atoms with E-state index >= 15 is 0 Å². The van der Waals surface area contributed by atoms with Crippen LogP contribution in [0, 0.1) is 0 Å². The molecular formula is C20H24N2OS2. The fourth-order valence-corrected chi connectivity index (χ4v) is 3.77. The second-order valence-electron chi connectivity index (χ2n) is 5.55. The smallest absolute Gasteiger partial charge is 0.231 e. The van der Waals surface area contributed by atoms with Crippen LogP contribution >= 0.6 is 24.0 Å². The van der Waals surface area contributed by atoms with E-state index in [0.717, 1.165) is 28.5 Å². The van der Waals surface area contributed by atoms with E-state index in [0.29, 0.717) is 5.75 Å². The van der Waals surface area contributed by atoms with Crippen molar-refractivity contribution in [3.05, 3.63) is 71.8 Å². The molecule has 0 bridgehead atoms. The molecule has 0 atom stereocenters. The summed E-state index contributed by atoms with van der Waals surface area (Å²) >= 11 is 6.82. The van der Waals surface area contributed by atoms with Gasteiger partial charge < -0.3 is 10.2 Å². The first kappa shape index (κ1) is 19.5. The van der Waals surface area contributed by atoms with E-state index in [9.17, 15) is 4.79 Å². The van der Waals surface area contributed by atoms with E-state index in [-0.39, 0.29) is 11.9 Å². The number of carbonyl (C=O) groups excluding carboxylic acids is 1. The average Bonchev–Trinajstić information content (AvgIpc) is 2.67. The molecule has 1 amide bonds. The molecule has 132 valence electrons. The van der Waals surface area contributed by atoms with Gasteiger partial charge in [0, 0.05) is 13.1 Å². The van der Waals surface area contributed by atoms with Gasteiger partial charge in [0.05, 0.1) is 11.8 Å². The molecule has 0 aromatic heterocycles. The second-order valence-corrected chi connectivity index (χ2v) is 7.16. The van der Waals surface area contributed by atoms with Crippen LogP contribution in [0.15, 0.2) is 60.7 Å². The van der Waals surface area contributed by atoms with Gasteiger partial charge in [0.1, 0.15) is 4.32 Å². The Morgan fingerprint density at radius 2 is 1.48 bits per heavy atom. The van der Waals surface area contributed by atoms with Crippen molar-refractivity contribution >= 4 is 34.2 Å². The number of carbonyl (C=O) groups is 1. The second kappa shape index (κ2) is 10.2. The topological polar surface area (TPSA) is 32.3 Å². The van der Waals surface area contributed by atoms with Crippen molar-refractivity contribution in [3.8, 4) is 0 Å². The number of amides is 1. The predicted octanol–water partition coefficient (Wildman–Crippen LogP) is 4.25. The Bertz CT molecular complexity index is 633. The molecule has 2 rings (SSSR count). The summed E-state index contributed by atoms with van der Waals surface area (Å²) in [7, 11) is 0. The van der Waals surface area contributed by atoms with Gasteiger partial charge in [0.25, 0.3) is 0 Å². The predicted molar refractivity (Wildman–Crippen MR) is 111 cm³/mol. The minimum Gasteiger partial charge on any atom is -0.358 e. The fourth-order valence-electron chi connectivity index (χ4n) is 2.55. The first-order valence-corrected chi connectivity index (χ1v) is 9.86. The number of thiocarbonyl (C=S) groups is 1. The summed E-state index contributed by atoms with van der Waals surface area (Å²) in [5.41, 5.74) is 2.14. The molecule has 0 unspecified atom stereocenters. The summed E-state index contributed by atoms with van der Waals surface area (Å²) in [6.45, 7) is 5.86. The summed E-state index contributed by atoms with van der Waals surface area (Å²) in [5, 5.41) is 3.14. The zero-order valence-corrected chi connectivity index (χ0v) is 16.3. The van der Waals surface area contributed by atoms with Crippen LogP contribution in [-0.4, -0.2) is 34.0 Å². The minimum atomic E-state index is -0.155. The third-order valence-corrected chi connectivity index (χ3v) is 5.44. The Labute approximate surface area is 159 Å². The van der Waals surface area contributed by atoms with Gasteiger partial charge in [-0.05, 0) is 25.0 Å². The molecule has 0 aliphatic carbocycles. The Kier molecular flexibility index (Phi) is 7.95. The number of thioether (sulfide) groups is 1. The summed E-state index contributed by atoms with van der Waals surface area (Å²) in [6.07, 6.45) is 0. The lowest BCUT2D eigenvalue weighted by Gasteiger charge is -2.22. The number of nitrogens with zero attached hydrogens (tertiary/aromatic N) is 1. The molecule has 0 spiro atoms. The van der Waals surface area contributed by atoms with Crippen LogP contribution < -0.4 is 5.32 Å². The maximum Gasteiger partial charge on any atom is 0.231 e. The number of hydrogen-bond acceptors (Lipinski definition) is 3. The molecule has 2 aromatic rings. The van der Waals surface area contributed by atoms with Crippen molar-refractivity contribution in [3.63, 3.8) is 0 Å². The molecule has 1 N–H and O–H groups in total. The van der Waals surface area contributed by atoms with Crippen LogP contribution in [0.25, 0.3) is 0 Å². The summed E-state index contributed by atoms with van der Waals surface area (Å²) in [4.78, 5) is 14.6. The zero-order chi connectivity index (χ0) is 18.1. The minimum absolute atomic E-state index is 0.0165. The lowest BCUT2D eigenvalue weighted by atomic mass is 9.99. The lowest BCUT2D eigenvalue weighted by molar-refractivity contribution is -0.119. The Hall–Kier alpha value is -1.85. The highest BCUT2D eigenvalue weighted by molar-refractivity contribution is 8.23. The van der Waals surface area contributed by atoms with Crippen LogP contribution in [0.5, 0.6) is 0 Å². The summed E-state index contributed by atoms with van der Waals surface area (Å²) < 4.78 is 0.774. The van der Waals surface area contributed by atoms with Gasteiger partial charge in [-0.3, -0.25) is 4.79 Å². The largest absolute Gasteiger partial charge is 0.358 e. The molecule has 25 heavy (non-hydrogen) atoms. The van der Waals surface area contributed by atoms with Crippen LogP contribution in [0.2, 0.25) is 0 Å². The summed E-state index contributed by atoms with van der Waals surface area (Å²) in [5.74, 6) is 0.308. The molecule has 0 fully saturated rings. The van der Waals surface area contributed by atoms with Crippen molar-refractivity contribution in [1.29, 1.82) is 0 Å². The van der Waals surface area contributed by atoms with Gasteiger partial charge in [0.15, 0.2) is 0 Å². The van der Waals surface area contributed by atoms with Crippen molar-refractivity contribution in [2.75, 3.05) is 18.8 Å². The maximum absolute atomic E-state index is 12.5. The molecule has 0 radical (unpaired) electrons. The Morgan fingerprint density at radius 1 is 1.00 bits per heavy atom. The molecule has 0 aliphatic heterocycles. The standard InChI is InChI=1S/C20H24N2OS2/c1-3-22(4-2)20(24)25-15-18(23)21-19(16-11-7-5-8-12-16)17-13-9-6-10-14-17/h5-14,19H,3-4,15H2,1-2H3,(H,21,23). The van der Waals surface area contributed by atoms with Crippen molar-refractivity contribution in [2.24, 2.45) is 0 Å². The van der Waals surface area contributed by atoms with E-state index in [1.54, 1.807) is 0 Å². The quantitative estimate of drug-likeness (QED) is 0.737.